The third-order valence-corrected chi connectivity index (χ3v) is 4.54. The normalized spacial score (nSPS) is 11.3. The highest BCUT2D eigenvalue weighted by atomic mass is 32.2. The largest absolute Gasteiger partial charge is 0.398 e. The summed E-state index contributed by atoms with van der Waals surface area (Å²) in [5.41, 5.74) is 7.26. The Morgan fingerprint density at radius 2 is 1.80 bits per heavy atom. The number of hydrogen-bond donors (Lipinski definition) is 2. The predicted molar refractivity (Wildman–Crippen MR) is 77.5 cm³/mol. The molecule has 0 aliphatic rings. The van der Waals surface area contributed by atoms with E-state index in [1.807, 2.05) is 0 Å². The van der Waals surface area contributed by atoms with Gasteiger partial charge >= 0.3 is 0 Å². The third-order valence-electron chi connectivity index (χ3n) is 2.96. The Kier molecular flexibility index (Phi) is 3.67. The van der Waals surface area contributed by atoms with E-state index in [2.05, 4.69) is 4.72 Å². The minimum Gasteiger partial charge on any atom is -0.398 e. The summed E-state index contributed by atoms with van der Waals surface area (Å²) in [5.74, 6) is -0.508. The molecule has 0 aromatic heterocycles. The fourth-order valence-electron chi connectivity index (χ4n) is 1.94. The highest BCUT2D eigenvalue weighted by molar-refractivity contribution is 7.93. The zero-order chi connectivity index (χ0) is 14.9. The molecule has 4 nitrogen and oxygen atoms in total. The number of nitrogens with two attached hydrogens (primary N) is 1. The molecular formula is C14H15FN2O2S. The van der Waals surface area contributed by atoms with Crippen molar-refractivity contribution in [3.63, 3.8) is 0 Å². The minimum atomic E-state index is -3.86. The van der Waals surface area contributed by atoms with Crippen molar-refractivity contribution in [1.82, 2.24) is 0 Å². The molecule has 3 N–H and O–H groups in total. The van der Waals surface area contributed by atoms with Crippen molar-refractivity contribution >= 4 is 21.4 Å². The van der Waals surface area contributed by atoms with E-state index in [1.54, 1.807) is 26.0 Å². The topological polar surface area (TPSA) is 72.2 Å². The number of benzene rings is 2. The van der Waals surface area contributed by atoms with Crippen LogP contribution >= 0.6 is 0 Å². The van der Waals surface area contributed by atoms with E-state index >= 15 is 0 Å². The summed E-state index contributed by atoms with van der Waals surface area (Å²) in [5, 5.41) is 0. The van der Waals surface area contributed by atoms with Crippen LogP contribution in [-0.2, 0) is 10.0 Å². The average Bonchev–Trinajstić information content (AvgIpc) is 2.33. The van der Waals surface area contributed by atoms with Crippen LogP contribution in [0.5, 0.6) is 0 Å². The maximum absolute atomic E-state index is 13.2. The summed E-state index contributed by atoms with van der Waals surface area (Å²) in [4.78, 5) is 0.0173. The second kappa shape index (κ2) is 5.13. The quantitative estimate of drug-likeness (QED) is 0.855. The van der Waals surface area contributed by atoms with Gasteiger partial charge in [-0.25, -0.2) is 12.8 Å². The van der Waals surface area contributed by atoms with Crippen LogP contribution in [0.4, 0.5) is 15.8 Å². The zero-order valence-electron chi connectivity index (χ0n) is 11.1. The van der Waals surface area contributed by atoms with E-state index in [-0.39, 0.29) is 16.3 Å². The van der Waals surface area contributed by atoms with E-state index in [0.717, 1.165) is 6.07 Å². The SMILES string of the molecule is Cc1ccc(F)cc1NS(=O)(=O)c1c(C)cccc1N. The molecule has 0 atom stereocenters. The van der Waals surface area contributed by atoms with Gasteiger partial charge in [-0.1, -0.05) is 18.2 Å². The van der Waals surface area contributed by atoms with Gasteiger partial charge < -0.3 is 5.73 Å². The van der Waals surface area contributed by atoms with Crippen LogP contribution in [0, 0.1) is 19.7 Å². The van der Waals surface area contributed by atoms with Gasteiger partial charge in [-0.2, -0.15) is 0 Å². The molecule has 2 aromatic carbocycles. The van der Waals surface area contributed by atoms with Gasteiger partial charge in [0.05, 0.1) is 11.4 Å². The maximum Gasteiger partial charge on any atom is 0.264 e. The molecular weight excluding hydrogens is 279 g/mol. The van der Waals surface area contributed by atoms with Crippen LogP contribution in [0.15, 0.2) is 41.3 Å². The number of rotatable bonds is 3. The molecule has 0 amide bonds. The van der Waals surface area contributed by atoms with E-state index in [4.69, 9.17) is 5.73 Å². The van der Waals surface area contributed by atoms with E-state index in [0.29, 0.717) is 11.1 Å². The summed E-state index contributed by atoms with van der Waals surface area (Å²) < 4.78 is 40.4. The molecule has 0 spiro atoms. The molecule has 0 unspecified atom stereocenters. The Balaban J connectivity index is 2.49. The number of anilines is 2. The molecule has 2 aromatic rings. The maximum atomic E-state index is 13.2. The summed E-state index contributed by atoms with van der Waals surface area (Å²) in [6, 6.07) is 8.77. The lowest BCUT2D eigenvalue weighted by Crippen LogP contribution is -2.17. The smallest absolute Gasteiger partial charge is 0.264 e. The second-order valence-corrected chi connectivity index (χ2v) is 6.18. The Hall–Kier alpha value is -2.08. The average molecular weight is 294 g/mol. The lowest BCUT2D eigenvalue weighted by atomic mass is 10.2. The first-order chi connectivity index (χ1) is 9.31. The second-order valence-electron chi connectivity index (χ2n) is 4.56. The van der Waals surface area contributed by atoms with E-state index in [9.17, 15) is 12.8 Å². The molecule has 0 aliphatic heterocycles. The number of aryl methyl sites for hydroxylation is 2. The molecule has 106 valence electrons. The standard InChI is InChI=1S/C14H15FN2O2S/c1-9-6-7-11(15)8-13(9)17-20(18,19)14-10(2)4-3-5-12(14)16/h3-8,17H,16H2,1-2H3. The van der Waals surface area contributed by atoms with Gasteiger partial charge in [0, 0.05) is 0 Å². The number of sulfonamides is 1. The molecule has 0 saturated heterocycles. The van der Waals surface area contributed by atoms with Gasteiger partial charge in [-0.05, 0) is 43.2 Å². The van der Waals surface area contributed by atoms with Crippen molar-refractivity contribution in [1.29, 1.82) is 0 Å². The van der Waals surface area contributed by atoms with Crippen molar-refractivity contribution in [3.05, 3.63) is 53.3 Å². The summed E-state index contributed by atoms with van der Waals surface area (Å²) in [6.07, 6.45) is 0. The Labute approximate surface area is 117 Å². The fraction of sp³-hybridized carbons (Fsp3) is 0.143. The van der Waals surface area contributed by atoms with Crippen LogP contribution in [0.25, 0.3) is 0 Å². The number of nitrogens with one attached hydrogen (secondary N) is 1. The monoisotopic (exact) mass is 294 g/mol. The van der Waals surface area contributed by atoms with Crippen molar-refractivity contribution in [3.8, 4) is 0 Å². The van der Waals surface area contributed by atoms with E-state index < -0.39 is 15.8 Å². The first-order valence-corrected chi connectivity index (χ1v) is 7.43. The van der Waals surface area contributed by atoms with Gasteiger partial charge in [-0.15, -0.1) is 0 Å². The number of halogens is 1. The highest BCUT2D eigenvalue weighted by Gasteiger charge is 2.20. The molecule has 2 rings (SSSR count). The van der Waals surface area contributed by atoms with Crippen molar-refractivity contribution < 1.29 is 12.8 Å². The van der Waals surface area contributed by atoms with Crippen LogP contribution < -0.4 is 10.5 Å². The Bertz CT molecular complexity index is 738. The predicted octanol–water partition coefficient (Wildman–Crippen LogP) is 2.83. The molecule has 0 fully saturated rings. The molecule has 0 bridgehead atoms. The lowest BCUT2D eigenvalue weighted by Gasteiger charge is -2.14. The third kappa shape index (κ3) is 2.75. The summed E-state index contributed by atoms with van der Waals surface area (Å²) in [6.45, 7) is 3.35. The van der Waals surface area contributed by atoms with Crippen molar-refractivity contribution in [2.75, 3.05) is 10.5 Å². The first-order valence-electron chi connectivity index (χ1n) is 5.95. The van der Waals surface area contributed by atoms with Gasteiger partial charge in [0.1, 0.15) is 10.7 Å². The highest BCUT2D eigenvalue weighted by Crippen LogP contribution is 2.26. The molecule has 0 radical (unpaired) electrons. The van der Waals surface area contributed by atoms with Gasteiger partial charge in [0.15, 0.2) is 0 Å². The lowest BCUT2D eigenvalue weighted by molar-refractivity contribution is 0.601. The Morgan fingerprint density at radius 3 is 2.45 bits per heavy atom. The van der Waals surface area contributed by atoms with Crippen LogP contribution in [0.2, 0.25) is 0 Å². The van der Waals surface area contributed by atoms with Crippen molar-refractivity contribution in [2.45, 2.75) is 18.7 Å². The van der Waals surface area contributed by atoms with E-state index in [1.165, 1.54) is 18.2 Å². The van der Waals surface area contributed by atoms with Crippen molar-refractivity contribution in [2.24, 2.45) is 0 Å². The minimum absolute atomic E-state index is 0.0173. The van der Waals surface area contributed by atoms with Gasteiger partial charge in [0.2, 0.25) is 0 Å². The summed E-state index contributed by atoms with van der Waals surface area (Å²) >= 11 is 0. The Morgan fingerprint density at radius 1 is 1.10 bits per heavy atom. The fourth-order valence-corrected chi connectivity index (χ4v) is 3.42. The van der Waals surface area contributed by atoms with Crippen LogP contribution in [0.1, 0.15) is 11.1 Å². The number of nitrogen functional groups attached to an aromatic ring is 1. The molecule has 20 heavy (non-hydrogen) atoms. The number of hydrogen-bond acceptors (Lipinski definition) is 3. The first kappa shape index (κ1) is 14.3. The van der Waals surface area contributed by atoms with Gasteiger partial charge in [0.25, 0.3) is 10.0 Å². The van der Waals surface area contributed by atoms with Crippen LogP contribution in [-0.4, -0.2) is 8.42 Å². The van der Waals surface area contributed by atoms with Crippen LogP contribution in [0.3, 0.4) is 0 Å². The van der Waals surface area contributed by atoms with Gasteiger partial charge in [-0.3, -0.25) is 4.72 Å². The molecule has 6 heteroatoms. The summed E-state index contributed by atoms with van der Waals surface area (Å²) in [7, 11) is -3.86. The molecule has 0 aliphatic carbocycles. The molecule has 0 saturated carbocycles. The zero-order valence-corrected chi connectivity index (χ0v) is 12.0. The molecule has 0 heterocycles.